The molecular formula is C17H17ClN2O4. The number of halogens is 1. The molecule has 0 fully saturated rings. The number of phenols is 1. The van der Waals surface area contributed by atoms with Gasteiger partial charge >= 0.3 is 0 Å². The second kappa shape index (κ2) is 8.21. The molecule has 0 radical (unpaired) electrons. The van der Waals surface area contributed by atoms with Crippen LogP contribution in [-0.4, -0.2) is 30.9 Å². The second-order valence-corrected chi connectivity index (χ2v) is 5.12. The third-order valence-electron chi connectivity index (χ3n) is 3.08. The summed E-state index contributed by atoms with van der Waals surface area (Å²) in [5.41, 5.74) is 3.44. The van der Waals surface area contributed by atoms with Crippen LogP contribution in [0.5, 0.6) is 17.2 Å². The quantitative estimate of drug-likeness (QED) is 0.620. The van der Waals surface area contributed by atoms with Gasteiger partial charge in [0, 0.05) is 5.56 Å². The number of benzene rings is 2. The first kappa shape index (κ1) is 17.6. The van der Waals surface area contributed by atoms with Gasteiger partial charge in [-0.25, -0.2) is 5.43 Å². The number of rotatable bonds is 6. The van der Waals surface area contributed by atoms with Gasteiger partial charge in [0.2, 0.25) is 0 Å². The van der Waals surface area contributed by atoms with Gasteiger partial charge in [-0.05, 0) is 48.9 Å². The van der Waals surface area contributed by atoms with Gasteiger partial charge in [-0.3, -0.25) is 4.79 Å². The van der Waals surface area contributed by atoms with Crippen LogP contribution in [0.3, 0.4) is 0 Å². The number of hydrogen-bond acceptors (Lipinski definition) is 5. The second-order valence-electron chi connectivity index (χ2n) is 4.71. The number of amides is 1. The lowest BCUT2D eigenvalue weighted by molar-refractivity contribution is 0.0955. The molecule has 0 bridgehead atoms. The van der Waals surface area contributed by atoms with Crippen LogP contribution in [0.2, 0.25) is 5.02 Å². The lowest BCUT2D eigenvalue weighted by Crippen LogP contribution is -2.17. The van der Waals surface area contributed by atoms with Crippen LogP contribution in [0, 0.1) is 0 Å². The van der Waals surface area contributed by atoms with E-state index in [0.29, 0.717) is 23.5 Å². The highest BCUT2D eigenvalue weighted by atomic mass is 35.5. The summed E-state index contributed by atoms with van der Waals surface area (Å²) in [5, 5.41) is 13.8. The van der Waals surface area contributed by atoms with Crippen molar-refractivity contribution in [2.45, 2.75) is 6.92 Å². The van der Waals surface area contributed by atoms with Crippen molar-refractivity contribution in [1.29, 1.82) is 0 Å². The Bertz CT molecular complexity index is 745. The van der Waals surface area contributed by atoms with E-state index in [1.807, 2.05) is 0 Å². The Morgan fingerprint density at radius 3 is 2.67 bits per heavy atom. The van der Waals surface area contributed by atoms with Crippen molar-refractivity contribution in [3.05, 3.63) is 52.5 Å². The van der Waals surface area contributed by atoms with Gasteiger partial charge in [-0.15, -0.1) is 0 Å². The van der Waals surface area contributed by atoms with Gasteiger partial charge in [0.15, 0.2) is 11.5 Å². The van der Waals surface area contributed by atoms with Gasteiger partial charge in [0.25, 0.3) is 5.91 Å². The summed E-state index contributed by atoms with van der Waals surface area (Å²) < 4.78 is 10.3. The minimum atomic E-state index is -0.358. The summed E-state index contributed by atoms with van der Waals surface area (Å²) in [6.07, 6.45) is 1.41. The third kappa shape index (κ3) is 4.39. The Balaban J connectivity index is 2.06. The fraction of sp³-hybridized carbons (Fsp3) is 0.176. The van der Waals surface area contributed by atoms with Gasteiger partial charge in [0.1, 0.15) is 5.75 Å². The minimum absolute atomic E-state index is 0.127. The van der Waals surface area contributed by atoms with Crippen LogP contribution in [0.1, 0.15) is 22.8 Å². The van der Waals surface area contributed by atoms with Gasteiger partial charge in [-0.1, -0.05) is 11.6 Å². The van der Waals surface area contributed by atoms with E-state index in [2.05, 4.69) is 10.5 Å². The molecule has 2 aromatic rings. The molecule has 0 atom stereocenters. The largest absolute Gasteiger partial charge is 0.503 e. The van der Waals surface area contributed by atoms with E-state index in [-0.39, 0.29) is 22.4 Å². The van der Waals surface area contributed by atoms with Crippen molar-refractivity contribution in [3.8, 4) is 17.2 Å². The van der Waals surface area contributed by atoms with E-state index >= 15 is 0 Å². The molecule has 7 heteroatoms. The maximum absolute atomic E-state index is 12.0. The van der Waals surface area contributed by atoms with Crippen molar-refractivity contribution < 1.29 is 19.4 Å². The van der Waals surface area contributed by atoms with Gasteiger partial charge in [-0.2, -0.15) is 5.10 Å². The zero-order valence-corrected chi connectivity index (χ0v) is 14.0. The Kier molecular flexibility index (Phi) is 6.03. The van der Waals surface area contributed by atoms with E-state index < -0.39 is 0 Å². The number of carbonyl (C=O) groups excluding carboxylic acids is 1. The molecule has 0 saturated heterocycles. The summed E-state index contributed by atoms with van der Waals surface area (Å²) in [5.74, 6) is 0.437. The number of hydrogen-bond donors (Lipinski definition) is 2. The predicted octanol–water partition coefficient (Wildman–Crippen LogP) is 3.22. The topological polar surface area (TPSA) is 80.2 Å². The SMILES string of the molecule is CCOc1cc(/C=N\NC(=O)c2ccc(OC)cc2)cc(Cl)c1O. The Labute approximate surface area is 144 Å². The fourth-order valence-corrected chi connectivity index (χ4v) is 2.13. The Morgan fingerprint density at radius 1 is 1.33 bits per heavy atom. The van der Waals surface area contributed by atoms with Crippen molar-refractivity contribution in [2.24, 2.45) is 5.10 Å². The van der Waals surface area contributed by atoms with E-state index in [1.165, 1.54) is 12.3 Å². The lowest BCUT2D eigenvalue weighted by atomic mass is 10.2. The molecule has 0 aromatic heterocycles. The van der Waals surface area contributed by atoms with Crippen LogP contribution < -0.4 is 14.9 Å². The number of hydrazone groups is 1. The highest BCUT2D eigenvalue weighted by Crippen LogP contribution is 2.34. The molecule has 1 amide bonds. The number of methoxy groups -OCH3 is 1. The summed E-state index contributed by atoms with van der Waals surface area (Å²) >= 11 is 5.93. The lowest BCUT2D eigenvalue weighted by Gasteiger charge is -2.08. The molecule has 0 saturated carbocycles. The molecule has 126 valence electrons. The van der Waals surface area contributed by atoms with E-state index in [4.69, 9.17) is 21.1 Å². The molecular weight excluding hydrogens is 332 g/mol. The standard InChI is InChI=1S/C17H17ClN2O4/c1-3-24-15-9-11(8-14(18)16(15)21)10-19-20-17(22)12-4-6-13(23-2)7-5-12/h4-10,21H,3H2,1-2H3,(H,20,22)/b19-10-. The van der Waals surface area contributed by atoms with Crippen LogP contribution >= 0.6 is 11.6 Å². The number of aromatic hydroxyl groups is 1. The number of nitrogens with zero attached hydrogens (tertiary/aromatic N) is 1. The molecule has 0 aliphatic rings. The van der Waals surface area contributed by atoms with Crippen LogP contribution in [-0.2, 0) is 0 Å². The normalized spacial score (nSPS) is 10.6. The molecule has 2 aromatic carbocycles. The maximum Gasteiger partial charge on any atom is 0.271 e. The predicted molar refractivity (Wildman–Crippen MR) is 92.3 cm³/mol. The van der Waals surface area contributed by atoms with Crippen molar-refractivity contribution in [3.63, 3.8) is 0 Å². The molecule has 0 unspecified atom stereocenters. The number of carbonyl (C=O) groups is 1. The Hall–Kier alpha value is -2.73. The fourth-order valence-electron chi connectivity index (χ4n) is 1.91. The van der Waals surface area contributed by atoms with E-state index in [0.717, 1.165) is 0 Å². The highest BCUT2D eigenvalue weighted by Gasteiger charge is 2.09. The number of phenolic OH excluding ortho intramolecular Hbond substituents is 1. The van der Waals surface area contributed by atoms with Gasteiger partial charge in [0.05, 0.1) is 25.0 Å². The van der Waals surface area contributed by atoms with Crippen LogP contribution in [0.4, 0.5) is 0 Å². The van der Waals surface area contributed by atoms with E-state index in [9.17, 15) is 9.90 Å². The number of nitrogens with one attached hydrogen (secondary N) is 1. The first-order valence-electron chi connectivity index (χ1n) is 7.18. The molecule has 0 spiro atoms. The minimum Gasteiger partial charge on any atom is -0.503 e. The first-order valence-corrected chi connectivity index (χ1v) is 7.55. The monoisotopic (exact) mass is 348 g/mol. The maximum atomic E-state index is 12.0. The third-order valence-corrected chi connectivity index (χ3v) is 3.37. The smallest absolute Gasteiger partial charge is 0.271 e. The highest BCUT2D eigenvalue weighted by molar-refractivity contribution is 6.32. The van der Waals surface area contributed by atoms with Crippen LogP contribution in [0.25, 0.3) is 0 Å². The summed E-state index contributed by atoms with van der Waals surface area (Å²) in [6, 6.07) is 9.73. The van der Waals surface area contributed by atoms with Crippen molar-refractivity contribution >= 4 is 23.7 Å². The Morgan fingerprint density at radius 2 is 2.04 bits per heavy atom. The first-order chi connectivity index (χ1) is 11.5. The average Bonchev–Trinajstić information content (AvgIpc) is 2.59. The number of ether oxygens (including phenoxy) is 2. The van der Waals surface area contributed by atoms with Gasteiger partial charge < -0.3 is 14.6 Å². The molecule has 0 aliphatic carbocycles. The summed E-state index contributed by atoms with van der Waals surface area (Å²) in [6.45, 7) is 2.18. The molecule has 6 nitrogen and oxygen atoms in total. The summed E-state index contributed by atoms with van der Waals surface area (Å²) in [4.78, 5) is 12.0. The van der Waals surface area contributed by atoms with E-state index in [1.54, 1.807) is 44.4 Å². The molecule has 0 aliphatic heterocycles. The van der Waals surface area contributed by atoms with Crippen molar-refractivity contribution in [1.82, 2.24) is 5.43 Å². The molecule has 0 heterocycles. The van der Waals surface area contributed by atoms with Crippen molar-refractivity contribution in [2.75, 3.05) is 13.7 Å². The zero-order chi connectivity index (χ0) is 17.5. The molecule has 2 N–H and O–H groups in total. The van der Waals surface area contributed by atoms with Crippen LogP contribution in [0.15, 0.2) is 41.5 Å². The summed E-state index contributed by atoms with van der Waals surface area (Å²) in [7, 11) is 1.55. The average molecular weight is 349 g/mol. The zero-order valence-electron chi connectivity index (χ0n) is 13.2. The molecule has 24 heavy (non-hydrogen) atoms. The molecule has 2 rings (SSSR count).